The molecule has 1 heterocycles. The molecule has 6 nitrogen and oxygen atoms in total. The first-order chi connectivity index (χ1) is 8.46. The maximum atomic E-state index is 11.8. The van der Waals surface area contributed by atoms with Gasteiger partial charge in [-0.1, -0.05) is 0 Å². The number of aryl methyl sites for hydroxylation is 2. The maximum Gasteiger partial charge on any atom is 0.232 e. The fourth-order valence-electron chi connectivity index (χ4n) is 1.77. The van der Waals surface area contributed by atoms with Crippen LogP contribution in [0.5, 0.6) is 0 Å². The molecular formula is C11H20N4O2S. The van der Waals surface area contributed by atoms with Crippen molar-refractivity contribution in [1.82, 2.24) is 15.1 Å². The van der Waals surface area contributed by atoms with Gasteiger partial charge < -0.3 is 5.32 Å². The van der Waals surface area contributed by atoms with Gasteiger partial charge in [0.05, 0.1) is 17.1 Å². The van der Waals surface area contributed by atoms with E-state index in [1.54, 1.807) is 24.9 Å². The summed E-state index contributed by atoms with van der Waals surface area (Å²) in [6, 6.07) is 0.626. The minimum Gasteiger partial charge on any atom is -0.314 e. The first-order valence-electron chi connectivity index (χ1n) is 6.20. The van der Waals surface area contributed by atoms with Crippen molar-refractivity contribution in [2.45, 2.75) is 32.2 Å². The monoisotopic (exact) mass is 272 g/mol. The Morgan fingerprint density at radius 1 is 1.50 bits per heavy atom. The predicted molar refractivity (Wildman–Crippen MR) is 71.0 cm³/mol. The lowest BCUT2D eigenvalue weighted by atomic mass is 10.4. The van der Waals surface area contributed by atoms with E-state index in [9.17, 15) is 8.42 Å². The minimum atomic E-state index is -3.26. The smallest absolute Gasteiger partial charge is 0.232 e. The molecule has 0 spiro atoms. The molecule has 0 atom stereocenters. The van der Waals surface area contributed by atoms with Gasteiger partial charge in [0.2, 0.25) is 10.0 Å². The van der Waals surface area contributed by atoms with Gasteiger partial charge in [-0.2, -0.15) is 5.10 Å². The molecule has 2 N–H and O–H groups in total. The van der Waals surface area contributed by atoms with Crippen molar-refractivity contribution < 1.29 is 8.42 Å². The number of rotatable bonds is 7. The molecule has 2 rings (SSSR count). The third-order valence-corrected chi connectivity index (χ3v) is 4.24. The number of hydrogen-bond acceptors (Lipinski definition) is 4. The Morgan fingerprint density at radius 3 is 2.78 bits per heavy atom. The van der Waals surface area contributed by atoms with E-state index in [0.717, 1.165) is 6.54 Å². The average molecular weight is 272 g/mol. The van der Waals surface area contributed by atoms with Crippen LogP contribution in [0.1, 0.15) is 25.0 Å². The van der Waals surface area contributed by atoms with E-state index in [4.69, 9.17) is 0 Å². The summed E-state index contributed by atoms with van der Waals surface area (Å²) in [6.45, 7) is 2.55. The van der Waals surface area contributed by atoms with Crippen LogP contribution >= 0.6 is 0 Å². The average Bonchev–Trinajstić information content (AvgIpc) is 3.02. The standard InChI is InChI=1S/C11H20N4O2S/c1-9-11(8-15(2)13-9)14-18(16,17)7-3-6-12-10-4-5-10/h8,10,12,14H,3-7H2,1-2H3. The normalized spacial score (nSPS) is 15.9. The molecule has 18 heavy (non-hydrogen) atoms. The van der Waals surface area contributed by atoms with Crippen LogP contribution in [-0.2, 0) is 17.1 Å². The largest absolute Gasteiger partial charge is 0.314 e. The van der Waals surface area contributed by atoms with E-state index in [1.165, 1.54) is 12.8 Å². The van der Waals surface area contributed by atoms with Crippen molar-refractivity contribution in [2.24, 2.45) is 7.05 Å². The zero-order valence-corrected chi connectivity index (χ0v) is 11.6. The van der Waals surface area contributed by atoms with Gasteiger partial charge in [0.15, 0.2) is 0 Å². The van der Waals surface area contributed by atoms with E-state index in [-0.39, 0.29) is 5.75 Å². The molecule has 1 aliphatic rings. The topological polar surface area (TPSA) is 76.0 Å². The van der Waals surface area contributed by atoms with Crippen molar-refractivity contribution in [3.05, 3.63) is 11.9 Å². The van der Waals surface area contributed by atoms with E-state index >= 15 is 0 Å². The molecule has 7 heteroatoms. The van der Waals surface area contributed by atoms with Crippen LogP contribution in [-0.4, -0.2) is 36.5 Å². The Bertz CT molecular complexity index is 505. The Morgan fingerprint density at radius 2 is 2.22 bits per heavy atom. The van der Waals surface area contributed by atoms with Gasteiger partial charge in [-0.05, 0) is 32.7 Å². The third-order valence-electron chi connectivity index (χ3n) is 2.88. The van der Waals surface area contributed by atoms with Crippen molar-refractivity contribution >= 4 is 15.7 Å². The summed E-state index contributed by atoms with van der Waals surface area (Å²) in [6.07, 6.45) is 4.75. The van der Waals surface area contributed by atoms with Crippen LogP contribution in [0.15, 0.2) is 6.20 Å². The summed E-state index contributed by atoms with van der Waals surface area (Å²) < 4.78 is 27.9. The molecule has 102 valence electrons. The molecule has 0 aliphatic heterocycles. The lowest BCUT2D eigenvalue weighted by Gasteiger charge is -2.07. The van der Waals surface area contributed by atoms with Crippen molar-refractivity contribution in [2.75, 3.05) is 17.0 Å². The first-order valence-corrected chi connectivity index (χ1v) is 7.85. The summed E-state index contributed by atoms with van der Waals surface area (Å²) in [4.78, 5) is 0. The van der Waals surface area contributed by atoms with Crippen LogP contribution < -0.4 is 10.0 Å². The zero-order chi connectivity index (χ0) is 13.2. The number of anilines is 1. The molecule has 0 bridgehead atoms. The Hall–Kier alpha value is -1.08. The summed E-state index contributed by atoms with van der Waals surface area (Å²) in [7, 11) is -1.50. The van der Waals surface area contributed by atoms with Crippen molar-refractivity contribution in [1.29, 1.82) is 0 Å². The Balaban J connectivity index is 1.80. The molecule has 1 aromatic heterocycles. The first kappa shape index (κ1) is 13.4. The van der Waals surface area contributed by atoms with Crippen molar-refractivity contribution in [3.8, 4) is 0 Å². The highest BCUT2D eigenvalue weighted by Crippen LogP contribution is 2.18. The van der Waals surface area contributed by atoms with Crippen LogP contribution in [0.25, 0.3) is 0 Å². The van der Waals surface area contributed by atoms with Gasteiger partial charge in [0.1, 0.15) is 0 Å². The fourth-order valence-corrected chi connectivity index (χ4v) is 2.94. The number of hydrogen-bond donors (Lipinski definition) is 2. The van der Waals surface area contributed by atoms with Crippen LogP contribution in [0.2, 0.25) is 0 Å². The van der Waals surface area contributed by atoms with E-state index in [0.29, 0.717) is 23.8 Å². The molecule has 0 aromatic carbocycles. The van der Waals surface area contributed by atoms with Gasteiger partial charge >= 0.3 is 0 Å². The van der Waals surface area contributed by atoms with E-state index < -0.39 is 10.0 Å². The summed E-state index contributed by atoms with van der Waals surface area (Å²) in [5, 5.41) is 7.40. The molecule has 1 aliphatic carbocycles. The molecule has 1 aromatic rings. The highest BCUT2D eigenvalue weighted by molar-refractivity contribution is 7.92. The molecule has 0 saturated heterocycles. The minimum absolute atomic E-state index is 0.140. The highest BCUT2D eigenvalue weighted by Gasteiger charge is 2.20. The zero-order valence-electron chi connectivity index (χ0n) is 10.8. The third kappa shape index (κ3) is 3.99. The molecule has 1 fully saturated rings. The van der Waals surface area contributed by atoms with Gasteiger partial charge in [-0.3, -0.25) is 9.40 Å². The van der Waals surface area contributed by atoms with Crippen molar-refractivity contribution in [3.63, 3.8) is 0 Å². The van der Waals surface area contributed by atoms with Crippen LogP contribution in [0.3, 0.4) is 0 Å². The van der Waals surface area contributed by atoms with Crippen LogP contribution in [0.4, 0.5) is 5.69 Å². The second kappa shape index (κ2) is 5.27. The molecule has 0 radical (unpaired) electrons. The molecule has 0 unspecified atom stereocenters. The van der Waals surface area contributed by atoms with Gasteiger partial charge in [-0.25, -0.2) is 8.42 Å². The highest BCUT2D eigenvalue weighted by atomic mass is 32.2. The van der Waals surface area contributed by atoms with Gasteiger partial charge in [0.25, 0.3) is 0 Å². The number of sulfonamides is 1. The number of nitrogens with one attached hydrogen (secondary N) is 2. The summed E-state index contributed by atoms with van der Waals surface area (Å²) in [5.74, 6) is 0.140. The van der Waals surface area contributed by atoms with Gasteiger partial charge in [0, 0.05) is 19.3 Å². The maximum absolute atomic E-state index is 11.8. The number of aromatic nitrogens is 2. The Labute approximate surface area is 108 Å². The SMILES string of the molecule is Cc1nn(C)cc1NS(=O)(=O)CCCNC1CC1. The lowest BCUT2D eigenvalue weighted by molar-refractivity contribution is 0.593. The number of nitrogens with zero attached hydrogens (tertiary/aromatic N) is 2. The molecule has 1 saturated carbocycles. The summed E-state index contributed by atoms with van der Waals surface area (Å²) in [5.41, 5.74) is 1.25. The predicted octanol–water partition coefficient (Wildman–Crippen LogP) is 0.612. The Kier molecular flexibility index (Phi) is 3.91. The molecular weight excluding hydrogens is 252 g/mol. The quantitative estimate of drug-likeness (QED) is 0.713. The fraction of sp³-hybridized carbons (Fsp3) is 0.727. The second-order valence-corrected chi connectivity index (χ2v) is 6.65. The van der Waals surface area contributed by atoms with E-state index in [1.807, 2.05) is 0 Å². The lowest BCUT2D eigenvalue weighted by Crippen LogP contribution is -2.23. The van der Waals surface area contributed by atoms with Gasteiger partial charge in [-0.15, -0.1) is 0 Å². The summed E-state index contributed by atoms with van der Waals surface area (Å²) >= 11 is 0. The second-order valence-electron chi connectivity index (χ2n) is 4.80. The van der Waals surface area contributed by atoms with E-state index in [2.05, 4.69) is 15.1 Å². The molecule has 0 amide bonds. The van der Waals surface area contributed by atoms with Crippen LogP contribution in [0, 0.1) is 6.92 Å².